The second kappa shape index (κ2) is 8.48. The predicted octanol–water partition coefficient (Wildman–Crippen LogP) is 2.51. The summed E-state index contributed by atoms with van der Waals surface area (Å²) >= 11 is 0. The SMILES string of the molecule is CCN(CC)C(=O)C1CN2CCc3cc(OC)c(OC)cc3C2CC1OC. The highest BCUT2D eigenvalue weighted by molar-refractivity contribution is 5.80. The first-order valence-electron chi connectivity index (χ1n) is 9.88. The fourth-order valence-electron chi connectivity index (χ4n) is 4.60. The largest absolute Gasteiger partial charge is 0.493 e. The van der Waals surface area contributed by atoms with Crippen LogP contribution in [0.2, 0.25) is 0 Å². The van der Waals surface area contributed by atoms with Gasteiger partial charge in [0, 0.05) is 39.3 Å². The molecule has 1 saturated heterocycles. The van der Waals surface area contributed by atoms with Gasteiger partial charge in [-0.3, -0.25) is 9.69 Å². The van der Waals surface area contributed by atoms with Crippen molar-refractivity contribution in [1.29, 1.82) is 0 Å². The topological polar surface area (TPSA) is 51.2 Å². The number of benzene rings is 1. The molecule has 0 aliphatic carbocycles. The van der Waals surface area contributed by atoms with Crippen LogP contribution in [0.4, 0.5) is 0 Å². The van der Waals surface area contributed by atoms with E-state index in [1.807, 2.05) is 18.7 Å². The second-order valence-electron chi connectivity index (χ2n) is 7.29. The zero-order valence-corrected chi connectivity index (χ0v) is 17.2. The molecule has 1 fully saturated rings. The number of methoxy groups -OCH3 is 3. The molecule has 3 rings (SSSR count). The summed E-state index contributed by atoms with van der Waals surface area (Å²) in [5.74, 6) is 1.64. The molecule has 1 amide bonds. The quantitative estimate of drug-likeness (QED) is 0.764. The van der Waals surface area contributed by atoms with Gasteiger partial charge in [0.2, 0.25) is 5.91 Å². The van der Waals surface area contributed by atoms with Crippen LogP contribution < -0.4 is 9.47 Å². The first-order valence-corrected chi connectivity index (χ1v) is 9.88. The second-order valence-corrected chi connectivity index (χ2v) is 7.29. The molecule has 0 saturated carbocycles. The maximum Gasteiger partial charge on any atom is 0.229 e. The van der Waals surface area contributed by atoms with Gasteiger partial charge in [-0.15, -0.1) is 0 Å². The van der Waals surface area contributed by atoms with E-state index >= 15 is 0 Å². The van der Waals surface area contributed by atoms with Gasteiger partial charge in [0.1, 0.15) is 0 Å². The van der Waals surface area contributed by atoms with Crippen LogP contribution in [0.5, 0.6) is 11.5 Å². The fourth-order valence-corrected chi connectivity index (χ4v) is 4.60. The average molecular weight is 376 g/mol. The van der Waals surface area contributed by atoms with Gasteiger partial charge in [-0.2, -0.15) is 0 Å². The maximum atomic E-state index is 13.0. The van der Waals surface area contributed by atoms with Crippen LogP contribution in [0, 0.1) is 5.92 Å². The Morgan fingerprint density at radius 2 is 1.81 bits per heavy atom. The van der Waals surface area contributed by atoms with Gasteiger partial charge in [-0.1, -0.05) is 0 Å². The Balaban J connectivity index is 1.89. The molecule has 2 aliphatic rings. The van der Waals surface area contributed by atoms with Crippen LogP contribution >= 0.6 is 0 Å². The Labute approximate surface area is 162 Å². The zero-order chi connectivity index (χ0) is 19.6. The van der Waals surface area contributed by atoms with Crippen molar-refractivity contribution in [2.45, 2.75) is 38.8 Å². The smallest absolute Gasteiger partial charge is 0.229 e. The number of amides is 1. The first kappa shape index (κ1) is 20.0. The Morgan fingerprint density at radius 1 is 1.15 bits per heavy atom. The van der Waals surface area contributed by atoms with E-state index in [0.717, 1.165) is 50.5 Å². The highest BCUT2D eigenvalue weighted by Gasteiger charge is 2.43. The highest BCUT2D eigenvalue weighted by Crippen LogP contribution is 2.43. The van der Waals surface area contributed by atoms with Crippen LogP contribution in [0.3, 0.4) is 0 Å². The van der Waals surface area contributed by atoms with Crippen LogP contribution in [0.25, 0.3) is 0 Å². The number of rotatable bonds is 6. The van der Waals surface area contributed by atoms with Crippen molar-refractivity contribution >= 4 is 5.91 Å². The van der Waals surface area contributed by atoms with Crippen molar-refractivity contribution in [3.63, 3.8) is 0 Å². The van der Waals surface area contributed by atoms with Crippen molar-refractivity contribution in [1.82, 2.24) is 9.80 Å². The third-order valence-corrected chi connectivity index (χ3v) is 6.14. The molecule has 0 bridgehead atoms. The van der Waals surface area contributed by atoms with Gasteiger partial charge >= 0.3 is 0 Å². The lowest BCUT2D eigenvalue weighted by atomic mass is 9.81. The number of hydrogen-bond donors (Lipinski definition) is 0. The molecule has 1 aromatic carbocycles. The van der Waals surface area contributed by atoms with Crippen LogP contribution in [0.15, 0.2) is 12.1 Å². The molecule has 27 heavy (non-hydrogen) atoms. The van der Waals surface area contributed by atoms with Crippen LogP contribution in [-0.2, 0) is 16.0 Å². The van der Waals surface area contributed by atoms with Crippen molar-refractivity contribution in [3.05, 3.63) is 23.3 Å². The molecule has 6 nitrogen and oxygen atoms in total. The molecule has 6 heteroatoms. The highest BCUT2D eigenvalue weighted by atomic mass is 16.5. The molecule has 150 valence electrons. The standard InChI is InChI=1S/C21H32N2O4/c1-6-22(7-2)21(24)16-13-23-9-8-14-10-19(26-4)20(27-5)11-15(14)17(23)12-18(16)25-3/h10-11,16-18H,6-9,12-13H2,1-5H3. The summed E-state index contributed by atoms with van der Waals surface area (Å²) in [7, 11) is 5.06. The van der Waals surface area contributed by atoms with E-state index in [2.05, 4.69) is 17.0 Å². The summed E-state index contributed by atoms with van der Waals surface area (Å²) in [5.41, 5.74) is 2.58. The molecule has 0 N–H and O–H groups in total. The minimum atomic E-state index is -0.104. The molecule has 3 unspecified atom stereocenters. The lowest BCUT2D eigenvalue weighted by molar-refractivity contribution is -0.145. The Kier molecular flexibility index (Phi) is 6.27. The molecular formula is C21H32N2O4. The number of carbonyl (C=O) groups is 1. The molecule has 0 spiro atoms. The summed E-state index contributed by atoms with van der Waals surface area (Å²) < 4.78 is 16.8. The Morgan fingerprint density at radius 3 is 2.41 bits per heavy atom. The minimum absolute atomic E-state index is 0.0709. The number of nitrogens with zero attached hydrogens (tertiary/aromatic N) is 2. The van der Waals surface area contributed by atoms with E-state index in [9.17, 15) is 4.79 Å². The normalized spacial score (nSPS) is 24.7. The molecule has 2 aliphatic heterocycles. The molecule has 3 atom stereocenters. The van der Waals surface area contributed by atoms with E-state index in [0.29, 0.717) is 0 Å². The number of ether oxygens (including phenoxy) is 3. The lowest BCUT2D eigenvalue weighted by Gasteiger charge is -2.47. The van der Waals surface area contributed by atoms with E-state index < -0.39 is 0 Å². The number of fused-ring (bicyclic) bond motifs is 3. The summed E-state index contributed by atoms with van der Waals surface area (Å²) in [6.45, 7) is 7.24. The van der Waals surface area contributed by atoms with Gasteiger partial charge in [0.05, 0.1) is 26.2 Å². The predicted molar refractivity (Wildman–Crippen MR) is 104 cm³/mol. The molecule has 0 radical (unpaired) electrons. The van der Waals surface area contributed by atoms with E-state index in [1.54, 1.807) is 21.3 Å². The zero-order valence-electron chi connectivity index (χ0n) is 17.2. The van der Waals surface area contributed by atoms with Gasteiger partial charge in [-0.25, -0.2) is 0 Å². The van der Waals surface area contributed by atoms with Crippen LogP contribution in [-0.4, -0.2) is 69.3 Å². The Bertz CT molecular complexity index is 674. The van der Waals surface area contributed by atoms with E-state index in [1.165, 1.54) is 11.1 Å². The van der Waals surface area contributed by atoms with Crippen molar-refractivity contribution < 1.29 is 19.0 Å². The lowest BCUT2D eigenvalue weighted by Crippen LogP contribution is -2.54. The van der Waals surface area contributed by atoms with Crippen molar-refractivity contribution in [2.75, 3.05) is 47.5 Å². The maximum absolute atomic E-state index is 13.0. The Hall–Kier alpha value is -1.79. The average Bonchev–Trinajstić information content (AvgIpc) is 2.72. The molecule has 1 aromatic rings. The van der Waals surface area contributed by atoms with E-state index in [-0.39, 0.29) is 24.0 Å². The number of hydrogen-bond acceptors (Lipinski definition) is 5. The van der Waals surface area contributed by atoms with Gasteiger partial charge in [0.15, 0.2) is 11.5 Å². The fraction of sp³-hybridized carbons (Fsp3) is 0.667. The van der Waals surface area contributed by atoms with Gasteiger partial charge < -0.3 is 19.1 Å². The van der Waals surface area contributed by atoms with Crippen LogP contribution in [0.1, 0.15) is 37.4 Å². The summed E-state index contributed by atoms with van der Waals surface area (Å²) in [5, 5.41) is 0. The third kappa shape index (κ3) is 3.65. The van der Waals surface area contributed by atoms with Crippen molar-refractivity contribution in [3.8, 4) is 11.5 Å². The molecular weight excluding hydrogens is 344 g/mol. The monoisotopic (exact) mass is 376 g/mol. The minimum Gasteiger partial charge on any atom is -0.493 e. The van der Waals surface area contributed by atoms with Gasteiger partial charge in [-0.05, 0) is 49.9 Å². The summed E-state index contributed by atoms with van der Waals surface area (Å²) in [6.07, 6.45) is 1.70. The third-order valence-electron chi connectivity index (χ3n) is 6.14. The summed E-state index contributed by atoms with van der Waals surface area (Å²) in [4.78, 5) is 17.4. The van der Waals surface area contributed by atoms with Crippen molar-refractivity contribution in [2.24, 2.45) is 5.92 Å². The van der Waals surface area contributed by atoms with Gasteiger partial charge in [0.25, 0.3) is 0 Å². The first-order chi connectivity index (χ1) is 13.1. The number of carbonyl (C=O) groups excluding carboxylic acids is 1. The summed E-state index contributed by atoms with van der Waals surface area (Å²) in [6, 6.07) is 4.45. The van der Waals surface area contributed by atoms with E-state index in [4.69, 9.17) is 14.2 Å². The molecule has 0 aromatic heterocycles. The molecule has 2 heterocycles. The number of piperidine rings is 1.